The largest absolute Gasteiger partial charge is 0.504 e. The number of hydrogen-bond donors (Lipinski definition) is 1. The van der Waals surface area contributed by atoms with Gasteiger partial charge in [0.15, 0.2) is 11.5 Å². The molecule has 4 saturated carbocycles. The predicted octanol–water partition coefficient (Wildman–Crippen LogP) is 8.52. The Labute approximate surface area is 275 Å². The van der Waals surface area contributed by atoms with Gasteiger partial charge in [0.05, 0.1) is 12.5 Å². The van der Waals surface area contributed by atoms with Crippen LogP contribution in [0.15, 0.2) is 36.4 Å². The van der Waals surface area contributed by atoms with E-state index in [4.69, 9.17) is 14.2 Å². The lowest BCUT2D eigenvalue weighted by atomic mass is 9.32. The molecule has 1 aromatic carbocycles. The van der Waals surface area contributed by atoms with Gasteiger partial charge in [-0.25, -0.2) is 4.79 Å². The predicted molar refractivity (Wildman–Crippen MR) is 178 cm³/mol. The number of fused-ring (bicyclic) bond motifs is 4. The molecule has 6 nitrogen and oxygen atoms in total. The Morgan fingerprint density at radius 3 is 2.50 bits per heavy atom. The van der Waals surface area contributed by atoms with Crippen LogP contribution in [0.4, 0.5) is 0 Å². The van der Waals surface area contributed by atoms with Crippen molar-refractivity contribution in [1.82, 2.24) is 0 Å². The van der Waals surface area contributed by atoms with Crippen molar-refractivity contribution in [1.29, 1.82) is 0 Å². The second-order valence-electron chi connectivity index (χ2n) is 17.4. The van der Waals surface area contributed by atoms with Crippen LogP contribution in [-0.2, 0) is 19.1 Å². The van der Waals surface area contributed by atoms with Crippen molar-refractivity contribution in [3.8, 4) is 11.5 Å². The Morgan fingerprint density at radius 2 is 1.76 bits per heavy atom. The summed E-state index contributed by atoms with van der Waals surface area (Å²) in [6.07, 6.45) is 16.0. The maximum atomic E-state index is 13.9. The highest BCUT2D eigenvalue weighted by Crippen LogP contribution is 2.79. The number of allylic oxidation sites excluding steroid dienone is 1. The Kier molecular flexibility index (Phi) is 7.00. The summed E-state index contributed by atoms with van der Waals surface area (Å²) in [4.78, 5) is 27.0. The van der Waals surface area contributed by atoms with E-state index in [0.29, 0.717) is 29.4 Å². The molecule has 250 valence electrons. The van der Waals surface area contributed by atoms with Crippen molar-refractivity contribution < 1.29 is 28.9 Å². The van der Waals surface area contributed by atoms with E-state index in [-0.39, 0.29) is 56.8 Å². The van der Waals surface area contributed by atoms with Gasteiger partial charge in [0.25, 0.3) is 0 Å². The van der Waals surface area contributed by atoms with E-state index in [2.05, 4.69) is 60.6 Å². The van der Waals surface area contributed by atoms with Crippen LogP contribution in [0, 0.1) is 56.7 Å². The highest BCUT2D eigenvalue weighted by molar-refractivity contribution is 5.87. The van der Waals surface area contributed by atoms with Crippen LogP contribution in [0.2, 0.25) is 0 Å². The molecule has 1 aromatic rings. The third-order valence-electron chi connectivity index (χ3n) is 15.6. The molecule has 1 aliphatic heterocycles. The number of esters is 2. The molecule has 6 heteroatoms. The number of ether oxygens (including phenoxy) is 3. The lowest BCUT2D eigenvalue weighted by Gasteiger charge is -2.72. The van der Waals surface area contributed by atoms with Crippen LogP contribution < -0.4 is 4.74 Å². The third kappa shape index (κ3) is 3.88. The molecule has 3 unspecified atom stereocenters. The topological polar surface area (TPSA) is 82.1 Å². The summed E-state index contributed by atoms with van der Waals surface area (Å²) < 4.78 is 18.2. The summed E-state index contributed by atoms with van der Waals surface area (Å²) >= 11 is 0. The highest BCUT2D eigenvalue weighted by Gasteiger charge is 2.80. The first-order valence-electron chi connectivity index (χ1n) is 17.8. The number of rotatable bonds is 4. The Balaban J connectivity index is 1.16. The molecule has 1 heterocycles. The van der Waals surface area contributed by atoms with Crippen molar-refractivity contribution >= 4 is 18.0 Å². The Hall–Kier alpha value is -2.76. The maximum absolute atomic E-state index is 13.9. The molecule has 5 aliphatic carbocycles. The van der Waals surface area contributed by atoms with E-state index in [0.717, 1.165) is 56.9 Å². The highest BCUT2D eigenvalue weighted by atomic mass is 16.6. The monoisotopic (exact) mass is 630 g/mol. The molecule has 1 saturated heterocycles. The standard InChI is InChI=1S/C40H54O6/c1-24-13-19-39-22-21-38(7)37(6)18-14-29-35(3,4)31(45-32(42)12-10-26-9-11-27(41)28(23-26)44-8)16-17-36(29,5)30(37)15-20-40(38,46-34(39)43)33(39)25(24)2/h9-12,15,20,23-25,29-31,33,41H,13-14,16-19,21-22H2,1-8H3/b12-10+/t24-,25+,29?,30?,31+,33?,36+,37-,38+,39+,40+/m1/s1. The number of benzene rings is 1. The van der Waals surface area contributed by atoms with Crippen LogP contribution in [-0.4, -0.2) is 35.9 Å². The molecule has 1 spiro atoms. The number of aromatic hydroxyl groups is 1. The van der Waals surface area contributed by atoms with Gasteiger partial charge in [-0.3, -0.25) is 4.79 Å². The fourth-order valence-electron chi connectivity index (χ4n) is 12.8. The molecular weight excluding hydrogens is 576 g/mol. The van der Waals surface area contributed by atoms with Gasteiger partial charge < -0.3 is 19.3 Å². The number of hydrogen-bond acceptors (Lipinski definition) is 6. The Bertz CT molecular complexity index is 1510. The van der Waals surface area contributed by atoms with E-state index in [9.17, 15) is 14.7 Å². The van der Waals surface area contributed by atoms with E-state index >= 15 is 0 Å². The molecule has 6 aliphatic rings. The average Bonchev–Trinajstić information content (AvgIpc) is 3.21. The maximum Gasteiger partial charge on any atom is 0.331 e. The molecule has 1 N–H and O–H groups in total. The second-order valence-corrected chi connectivity index (χ2v) is 17.4. The molecule has 11 atom stereocenters. The SMILES string of the molecule is COc1cc(/C=C/C(=O)O[C@H]2CC[C@@]3(C)C(CC[C@]4(C)C3C=C[C@]35OC(=O)[C@@]6(CC[C@@H](C)[C@H](C)C63)CC[C@]54C)C2(C)C)ccc1O. The summed E-state index contributed by atoms with van der Waals surface area (Å²) in [7, 11) is 1.51. The smallest absolute Gasteiger partial charge is 0.331 e. The summed E-state index contributed by atoms with van der Waals surface area (Å²) in [6.45, 7) is 16.9. The zero-order valence-electron chi connectivity index (χ0n) is 29.2. The van der Waals surface area contributed by atoms with Crippen molar-refractivity contribution in [3.05, 3.63) is 42.0 Å². The molecule has 0 radical (unpaired) electrons. The zero-order valence-corrected chi connectivity index (χ0v) is 29.2. The normalized spacial score (nSPS) is 46.8. The summed E-state index contributed by atoms with van der Waals surface area (Å²) in [5.74, 6) is 2.20. The second kappa shape index (κ2) is 10.1. The lowest BCUT2D eigenvalue weighted by molar-refractivity contribution is -0.247. The summed E-state index contributed by atoms with van der Waals surface area (Å²) in [5.41, 5.74) is -0.367. The molecule has 0 aromatic heterocycles. The van der Waals surface area contributed by atoms with Crippen molar-refractivity contribution in [2.24, 2.45) is 56.7 Å². The number of methoxy groups -OCH3 is 1. The minimum absolute atomic E-state index is 0.00229. The average molecular weight is 631 g/mol. The van der Waals surface area contributed by atoms with Gasteiger partial charge in [-0.2, -0.15) is 0 Å². The van der Waals surface area contributed by atoms with E-state index < -0.39 is 5.60 Å². The van der Waals surface area contributed by atoms with Crippen molar-refractivity contribution in [2.45, 2.75) is 112 Å². The molecule has 5 fully saturated rings. The molecule has 0 amide bonds. The first kappa shape index (κ1) is 31.8. The minimum Gasteiger partial charge on any atom is -0.504 e. The number of carbonyl (C=O) groups is 2. The van der Waals surface area contributed by atoms with Gasteiger partial charge in [0.1, 0.15) is 11.7 Å². The van der Waals surface area contributed by atoms with E-state index in [1.165, 1.54) is 13.2 Å². The van der Waals surface area contributed by atoms with Gasteiger partial charge in [0, 0.05) is 22.8 Å². The van der Waals surface area contributed by atoms with Crippen LogP contribution in [0.1, 0.15) is 105 Å². The van der Waals surface area contributed by atoms with Crippen LogP contribution in [0.5, 0.6) is 11.5 Å². The van der Waals surface area contributed by atoms with E-state index in [1.807, 2.05) is 0 Å². The minimum atomic E-state index is -0.527. The zero-order chi connectivity index (χ0) is 33.1. The number of phenolic OH excluding ortho intramolecular Hbond substituents is 1. The fraction of sp³-hybridized carbons (Fsp3) is 0.700. The first-order chi connectivity index (χ1) is 21.6. The number of carbonyl (C=O) groups excluding carboxylic acids is 2. The van der Waals surface area contributed by atoms with Gasteiger partial charge in [-0.1, -0.05) is 60.6 Å². The van der Waals surface area contributed by atoms with Crippen molar-refractivity contribution in [3.63, 3.8) is 0 Å². The summed E-state index contributed by atoms with van der Waals surface area (Å²) in [6, 6.07) is 5.00. The molecule has 46 heavy (non-hydrogen) atoms. The van der Waals surface area contributed by atoms with Crippen molar-refractivity contribution in [2.75, 3.05) is 7.11 Å². The molecule has 7 rings (SSSR count). The van der Waals surface area contributed by atoms with Gasteiger partial charge >= 0.3 is 11.9 Å². The lowest BCUT2D eigenvalue weighted by Crippen LogP contribution is -2.71. The first-order valence-corrected chi connectivity index (χ1v) is 17.8. The molecule has 2 bridgehead atoms. The summed E-state index contributed by atoms with van der Waals surface area (Å²) in [5, 5.41) is 9.90. The van der Waals surface area contributed by atoms with Gasteiger partial charge in [0.2, 0.25) is 0 Å². The molecular formula is C40H54O6. The van der Waals surface area contributed by atoms with Crippen LogP contribution in [0.25, 0.3) is 6.08 Å². The Morgan fingerprint density at radius 1 is 1.00 bits per heavy atom. The number of phenols is 1. The van der Waals surface area contributed by atoms with E-state index in [1.54, 1.807) is 24.3 Å². The van der Waals surface area contributed by atoms with Gasteiger partial charge in [-0.05, 0) is 116 Å². The quantitative estimate of drug-likeness (QED) is 0.204. The van der Waals surface area contributed by atoms with Crippen LogP contribution in [0.3, 0.4) is 0 Å². The van der Waals surface area contributed by atoms with Gasteiger partial charge in [-0.15, -0.1) is 0 Å². The third-order valence-corrected chi connectivity index (χ3v) is 15.6. The van der Waals surface area contributed by atoms with Crippen LogP contribution >= 0.6 is 0 Å². The fourth-order valence-corrected chi connectivity index (χ4v) is 12.8.